The third-order valence-electron chi connectivity index (χ3n) is 5.05. The Morgan fingerprint density at radius 3 is 2.38 bits per heavy atom. The van der Waals surface area contributed by atoms with Crippen LogP contribution < -0.4 is 9.80 Å². The molecule has 1 aliphatic heterocycles. The zero-order valence-electron chi connectivity index (χ0n) is 16.6. The van der Waals surface area contributed by atoms with Crippen molar-refractivity contribution < 1.29 is 27.9 Å². The Balaban J connectivity index is 1.41. The minimum atomic E-state index is -4.50. The van der Waals surface area contributed by atoms with Crippen molar-refractivity contribution >= 4 is 23.4 Å². The molecule has 1 saturated heterocycles. The number of carboxylic acids is 1. The molecule has 32 heavy (non-hydrogen) atoms. The van der Waals surface area contributed by atoms with Gasteiger partial charge in [-0.1, -0.05) is 12.1 Å². The van der Waals surface area contributed by atoms with Crippen molar-refractivity contribution in [1.82, 2.24) is 15.0 Å². The van der Waals surface area contributed by atoms with Crippen LogP contribution in [0.4, 0.5) is 24.7 Å². The largest absolute Gasteiger partial charge is 0.481 e. The molecule has 0 atom stereocenters. The Morgan fingerprint density at radius 2 is 1.81 bits per heavy atom. The first-order chi connectivity index (χ1) is 15.2. The molecule has 166 valence electrons. The van der Waals surface area contributed by atoms with E-state index in [4.69, 9.17) is 5.11 Å². The van der Waals surface area contributed by atoms with E-state index >= 15 is 0 Å². The van der Waals surface area contributed by atoms with Crippen LogP contribution in [0, 0.1) is 0 Å². The van der Waals surface area contributed by atoms with E-state index in [1.165, 1.54) is 6.20 Å². The minimum absolute atomic E-state index is 0.0589. The van der Waals surface area contributed by atoms with Crippen molar-refractivity contribution in [2.24, 2.45) is 0 Å². The topological polar surface area (TPSA) is 102 Å². The Labute approximate surface area is 180 Å². The predicted octanol–water partition coefficient (Wildman–Crippen LogP) is 2.97. The molecule has 1 aliphatic rings. The molecule has 0 unspecified atom stereocenters. The molecule has 1 fully saturated rings. The van der Waals surface area contributed by atoms with Gasteiger partial charge in [0, 0.05) is 30.5 Å². The van der Waals surface area contributed by atoms with Crippen LogP contribution in [0.25, 0.3) is 11.4 Å². The Kier molecular flexibility index (Phi) is 5.56. The minimum Gasteiger partial charge on any atom is -0.481 e. The van der Waals surface area contributed by atoms with Crippen LogP contribution in [0.5, 0.6) is 0 Å². The summed E-state index contributed by atoms with van der Waals surface area (Å²) >= 11 is 0. The van der Waals surface area contributed by atoms with Crippen LogP contribution >= 0.6 is 0 Å². The summed E-state index contributed by atoms with van der Waals surface area (Å²) < 4.78 is 38.2. The van der Waals surface area contributed by atoms with Crippen molar-refractivity contribution in [2.75, 3.05) is 29.4 Å². The van der Waals surface area contributed by atoms with Gasteiger partial charge in [-0.3, -0.25) is 9.59 Å². The van der Waals surface area contributed by atoms with E-state index in [0.717, 1.165) is 6.20 Å². The van der Waals surface area contributed by atoms with Crippen molar-refractivity contribution in [3.63, 3.8) is 0 Å². The second kappa shape index (κ2) is 8.33. The highest BCUT2D eigenvalue weighted by Crippen LogP contribution is 2.29. The van der Waals surface area contributed by atoms with Gasteiger partial charge in [-0.25, -0.2) is 9.97 Å². The summed E-state index contributed by atoms with van der Waals surface area (Å²) in [6.45, 7) is 1.00. The van der Waals surface area contributed by atoms with Gasteiger partial charge in [0.15, 0.2) is 0 Å². The first-order valence-electron chi connectivity index (χ1n) is 9.65. The van der Waals surface area contributed by atoms with Crippen molar-refractivity contribution in [2.45, 2.75) is 12.6 Å². The molecule has 3 aromatic rings. The molecule has 0 saturated carbocycles. The van der Waals surface area contributed by atoms with Crippen LogP contribution in [0.1, 0.15) is 11.3 Å². The number of benzene rings is 1. The van der Waals surface area contributed by atoms with Crippen molar-refractivity contribution in [1.29, 1.82) is 0 Å². The van der Waals surface area contributed by atoms with Crippen LogP contribution in [0.3, 0.4) is 0 Å². The summed E-state index contributed by atoms with van der Waals surface area (Å²) in [5.41, 5.74) is 0.797. The lowest BCUT2D eigenvalue weighted by atomic mass is 10.1. The number of aliphatic carboxylic acids is 1. The number of nitrogens with zero attached hydrogens (tertiary/aromatic N) is 4. The van der Waals surface area contributed by atoms with Gasteiger partial charge in [-0.15, -0.1) is 0 Å². The maximum Gasteiger partial charge on any atom is 0.432 e. The van der Waals surface area contributed by atoms with Crippen LogP contribution in [0.2, 0.25) is 0 Å². The van der Waals surface area contributed by atoms with Crippen LogP contribution in [-0.2, 0) is 22.2 Å². The van der Waals surface area contributed by atoms with Gasteiger partial charge >= 0.3 is 12.1 Å². The van der Waals surface area contributed by atoms with Crippen LogP contribution in [-0.4, -0.2) is 51.6 Å². The molecule has 11 heteroatoms. The molecule has 0 bridgehead atoms. The van der Waals surface area contributed by atoms with Gasteiger partial charge in [0.05, 0.1) is 19.2 Å². The fourth-order valence-electron chi connectivity index (χ4n) is 3.44. The third-order valence-corrected chi connectivity index (χ3v) is 5.05. The number of piperazine rings is 1. The number of alkyl halides is 3. The van der Waals surface area contributed by atoms with E-state index in [1.807, 2.05) is 0 Å². The van der Waals surface area contributed by atoms with E-state index in [-0.39, 0.29) is 24.7 Å². The molecular weight excluding hydrogens is 427 g/mol. The summed E-state index contributed by atoms with van der Waals surface area (Å²) in [6, 6.07) is 10.0. The molecule has 4 rings (SSSR count). The highest BCUT2D eigenvalue weighted by atomic mass is 19.4. The van der Waals surface area contributed by atoms with Crippen molar-refractivity contribution in [3.8, 4) is 11.4 Å². The van der Waals surface area contributed by atoms with Gasteiger partial charge in [-0.2, -0.15) is 13.2 Å². The number of H-pyrrole nitrogens is 1. The zero-order valence-corrected chi connectivity index (χ0v) is 16.6. The van der Waals surface area contributed by atoms with Gasteiger partial charge in [0.1, 0.15) is 17.3 Å². The summed E-state index contributed by atoms with van der Waals surface area (Å²) in [7, 11) is 0. The number of nitrogens with one attached hydrogen (secondary N) is 1. The Morgan fingerprint density at radius 1 is 1.06 bits per heavy atom. The van der Waals surface area contributed by atoms with Crippen molar-refractivity contribution in [3.05, 3.63) is 60.0 Å². The molecule has 2 aromatic heterocycles. The fraction of sp³-hybridized carbons (Fsp3) is 0.238. The number of imidazole rings is 1. The monoisotopic (exact) mass is 445 g/mol. The highest BCUT2D eigenvalue weighted by Gasteiger charge is 2.33. The number of halogens is 3. The number of pyridine rings is 1. The number of carbonyl (C=O) groups excluding carboxylic acids is 1. The molecule has 0 radical (unpaired) electrons. The summed E-state index contributed by atoms with van der Waals surface area (Å²) in [6.07, 6.45) is -2.45. The van der Waals surface area contributed by atoms with Gasteiger partial charge in [0.25, 0.3) is 0 Å². The number of hydrogen-bond donors (Lipinski definition) is 2. The number of amides is 1. The Hall–Kier alpha value is -3.89. The SMILES string of the molecule is O=C(O)Cc1ccc(N2CCN(c3ccc(-c4ncc(C(F)(F)F)[nH]4)cn3)CC2=O)cc1. The number of carbonyl (C=O) groups is 2. The highest BCUT2D eigenvalue weighted by molar-refractivity contribution is 5.97. The average Bonchev–Trinajstić information content (AvgIpc) is 3.25. The smallest absolute Gasteiger partial charge is 0.432 e. The van der Waals surface area contributed by atoms with Gasteiger partial charge < -0.3 is 19.9 Å². The molecule has 2 N–H and O–H groups in total. The average molecular weight is 445 g/mol. The first-order valence-corrected chi connectivity index (χ1v) is 9.65. The lowest BCUT2D eigenvalue weighted by Gasteiger charge is -2.35. The number of hydrogen-bond acceptors (Lipinski definition) is 5. The molecule has 1 aromatic carbocycles. The number of rotatable bonds is 5. The molecule has 0 aliphatic carbocycles. The second-order valence-corrected chi connectivity index (χ2v) is 7.25. The van der Waals surface area contributed by atoms with E-state index in [0.29, 0.717) is 35.7 Å². The van der Waals surface area contributed by atoms with Gasteiger partial charge in [-0.05, 0) is 29.8 Å². The van der Waals surface area contributed by atoms with Crippen LogP contribution in [0.15, 0.2) is 48.8 Å². The summed E-state index contributed by atoms with van der Waals surface area (Å²) in [5, 5.41) is 8.85. The van der Waals surface area contributed by atoms with E-state index in [9.17, 15) is 22.8 Å². The molecule has 0 spiro atoms. The van der Waals surface area contributed by atoms with E-state index in [1.54, 1.807) is 46.2 Å². The molecular formula is C21H18F3N5O3. The number of aromatic amines is 1. The quantitative estimate of drug-likeness (QED) is 0.626. The molecule has 3 heterocycles. The zero-order chi connectivity index (χ0) is 22.9. The normalized spacial score (nSPS) is 14.7. The molecule has 8 nitrogen and oxygen atoms in total. The maximum absolute atomic E-state index is 12.7. The first kappa shape index (κ1) is 21.3. The lowest BCUT2D eigenvalue weighted by molar-refractivity contribution is -0.141. The number of anilines is 2. The number of aromatic nitrogens is 3. The van der Waals surface area contributed by atoms with E-state index < -0.39 is 17.8 Å². The second-order valence-electron chi connectivity index (χ2n) is 7.25. The maximum atomic E-state index is 12.7. The molecule has 1 amide bonds. The Bertz CT molecular complexity index is 1130. The van der Waals surface area contributed by atoms with Gasteiger partial charge in [0.2, 0.25) is 5.91 Å². The fourth-order valence-corrected chi connectivity index (χ4v) is 3.44. The summed E-state index contributed by atoms with van der Waals surface area (Å²) in [4.78, 5) is 37.1. The lowest BCUT2D eigenvalue weighted by Crippen LogP contribution is -2.50. The predicted molar refractivity (Wildman–Crippen MR) is 109 cm³/mol. The van der Waals surface area contributed by atoms with E-state index in [2.05, 4.69) is 15.0 Å². The third kappa shape index (κ3) is 4.56. The summed E-state index contributed by atoms with van der Waals surface area (Å²) in [5.74, 6) is -0.479. The standard InChI is InChI=1S/C21H18F3N5O3/c22-21(23,24)16-11-26-20(27-16)14-3-6-17(25-10-14)28-7-8-29(18(30)12-28)15-4-1-13(2-5-15)9-19(31)32/h1-6,10-11H,7-9,12H2,(H,26,27)(H,31,32). The number of carboxylic acid groups (broad SMARTS) is 1.